The average Bonchev–Trinajstić information content (AvgIpc) is 2.41. The number of rotatable bonds is 3. The number of esters is 1. The summed E-state index contributed by atoms with van der Waals surface area (Å²) in [6, 6.07) is 3.16. The number of aryl methyl sites for hydroxylation is 2. The molecule has 5 N–H and O–H groups in total. The summed E-state index contributed by atoms with van der Waals surface area (Å²) >= 11 is 0. The Morgan fingerprint density at radius 3 is 2.04 bits per heavy atom. The van der Waals surface area contributed by atoms with Crippen LogP contribution >= 0.6 is 0 Å². The Balaban J connectivity index is 2.52. The number of carboxylic acids is 1. The molecule has 0 atom stereocenters. The summed E-state index contributed by atoms with van der Waals surface area (Å²) in [4.78, 5) is 23.4. The number of ether oxygens (including phenoxy) is 1. The minimum atomic E-state index is -1.48. The van der Waals surface area contributed by atoms with E-state index in [1.165, 1.54) is 19.9 Å². The highest BCUT2D eigenvalue weighted by molar-refractivity contribution is 6.03. The summed E-state index contributed by atoms with van der Waals surface area (Å²) in [5.74, 6) is -5.45. The first kappa shape index (κ1) is 16.9. The molecule has 0 aliphatic carbocycles. The van der Waals surface area contributed by atoms with Gasteiger partial charge < -0.3 is 30.3 Å². The standard InChI is InChI=1S/C16H14O8/c1-6-4-9(18)12(13(20)11(6)15(21)22)16(23)24-14-7(2)3-8(17)5-10(14)19/h3-5,17-20H,1-2H3,(H,21,22). The van der Waals surface area contributed by atoms with Gasteiger partial charge in [-0.3, -0.25) is 0 Å². The summed E-state index contributed by atoms with van der Waals surface area (Å²) in [5, 5.41) is 48.0. The number of carbonyl (C=O) groups is 2. The van der Waals surface area contributed by atoms with Gasteiger partial charge in [-0.2, -0.15) is 0 Å². The van der Waals surface area contributed by atoms with Crippen LogP contribution in [0.5, 0.6) is 28.7 Å². The number of phenolic OH excluding ortho intramolecular Hbond substituents is 3. The number of carboxylic acid groups (broad SMARTS) is 1. The number of aromatic hydroxyl groups is 4. The number of phenols is 4. The lowest BCUT2D eigenvalue weighted by Gasteiger charge is -2.13. The Morgan fingerprint density at radius 1 is 0.875 bits per heavy atom. The molecular formula is C16H14O8. The number of aromatic carboxylic acids is 1. The largest absolute Gasteiger partial charge is 0.508 e. The normalized spacial score (nSPS) is 10.4. The molecule has 0 heterocycles. The van der Waals surface area contributed by atoms with E-state index in [1.54, 1.807) is 0 Å². The predicted octanol–water partition coefficient (Wildman–Crippen LogP) is 2.04. The van der Waals surface area contributed by atoms with Gasteiger partial charge in [0.25, 0.3) is 0 Å². The molecule has 0 aromatic heterocycles. The van der Waals surface area contributed by atoms with Gasteiger partial charge >= 0.3 is 11.9 Å². The van der Waals surface area contributed by atoms with E-state index in [0.717, 1.165) is 12.1 Å². The zero-order valence-electron chi connectivity index (χ0n) is 12.7. The second-order valence-corrected chi connectivity index (χ2v) is 5.12. The summed E-state index contributed by atoms with van der Waals surface area (Å²) < 4.78 is 4.94. The van der Waals surface area contributed by atoms with Gasteiger partial charge in [0.1, 0.15) is 28.4 Å². The van der Waals surface area contributed by atoms with Crippen LogP contribution in [0.3, 0.4) is 0 Å². The van der Waals surface area contributed by atoms with Gasteiger partial charge in [0.15, 0.2) is 11.5 Å². The molecule has 2 aromatic rings. The van der Waals surface area contributed by atoms with Crippen LogP contribution in [0.1, 0.15) is 31.8 Å². The Bertz CT molecular complexity index is 831. The maximum Gasteiger partial charge on any atom is 0.351 e. The quantitative estimate of drug-likeness (QED) is 0.423. The van der Waals surface area contributed by atoms with Crippen LogP contribution in [-0.4, -0.2) is 37.5 Å². The molecule has 0 radical (unpaired) electrons. The predicted molar refractivity (Wildman–Crippen MR) is 80.9 cm³/mol. The van der Waals surface area contributed by atoms with E-state index in [0.29, 0.717) is 0 Å². The Morgan fingerprint density at radius 2 is 1.50 bits per heavy atom. The summed E-state index contributed by atoms with van der Waals surface area (Å²) in [5.41, 5.74) is -1.03. The van der Waals surface area contributed by atoms with Crippen LogP contribution in [0.2, 0.25) is 0 Å². The summed E-state index contributed by atoms with van der Waals surface area (Å²) in [7, 11) is 0. The molecule has 0 spiro atoms. The van der Waals surface area contributed by atoms with E-state index in [9.17, 15) is 30.0 Å². The third-order valence-electron chi connectivity index (χ3n) is 3.33. The molecule has 0 bridgehead atoms. The number of benzene rings is 2. The van der Waals surface area contributed by atoms with Crippen molar-refractivity contribution < 1.29 is 39.9 Å². The van der Waals surface area contributed by atoms with Gasteiger partial charge in [-0.15, -0.1) is 0 Å². The zero-order chi connectivity index (χ0) is 18.2. The molecule has 0 amide bonds. The van der Waals surface area contributed by atoms with E-state index in [1.807, 2.05) is 0 Å². The monoisotopic (exact) mass is 334 g/mol. The molecule has 2 rings (SSSR count). The van der Waals surface area contributed by atoms with Gasteiger partial charge in [0, 0.05) is 6.07 Å². The van der Waals surface area contributed by atoms with Gasteiger partial charge in [0.2, 0.25) is 0 Å². The lowest BCUT2D eigenvalue weighted by atomic mass is 10.0. The molecule has 126 valence electrons. The lowest BCUT2D eigenvalue weighted by Crippen LogP contribution is -2.13. The highest BCUT2D eigenvalue weighted by atomic mass is 16.5. The van der Waals surface area contributed by atoms with Crippen LogP contribution < -0.4 is 4.74 Å². The van der Waals surface area contributed by atoms with E-state index in [4.69, 9.17) is 9.84 Å². The molecule has 8 nitrogen and oxygen atoms in total. The maximum absolute atomic E-state index is 12.2. The third-order valence-corrected chi connectivity index (χ3v) is 3.33. The van der Waals surface area contributed by atoms with Crippen molar-refractivity contribution >= 4 is 11.9 Å². The Kier molecular flexibility index (Phi) is 4.23. The molecule has 0 saturated heterocycles. The van der Waals surface area contributed by atoms with Crippen LogP contribution in [0.15, 0.2) is 18.2 Å². The molecule has 8 heteroatoms. The summed E-state index contributed by atoms with van der Waals surface area (Å²) in [6.45, 7) is 2.79. The Labute approximate surface area is 135 Å². The van der Waals surface area contributed by atoms with Crippen molar-refractivity contribution in [2.45, 2.75) is 13.8 Å². The van der Waals surface area contributed by atoms with Gasteiger partial charge in [-0.25, -0.2) is 9.59 Å². The second kappa shape index (κ2) is 5.99. The van der Waals surface area contributed by atoms with Crippen LogP contribution in [-0.2, 0) is 0 Å². The third kappa shape index (κ3) is 2.89. The van der Waals surface area contributed by atoms with E-state index in [2.05, 4.69) is 0 Å². The first-order valence-electron chi connectivity index (χ1n) is 6.67. The van der Waals surface area contributed by atoms with Crippen molar-refractivity contribution in [3.63, 3.8) is 0 Å². The van der Waals surface area contributed by atoms with E-state index >= 15 is 0 Å². The lowest BCUT2D eigenvalue weighted by molar-refractivity contribution is 0.0692. The van der Waals surface area contributed by atoms with Gasteiger partial charge in [-0.1, -0.05) is 0 Å². The van der Waals surface area contributed by atoms with Crippen molar-refractivity contribution in [1.29, 1.82) is 0 Å². The SMILES string of the molecule is Cc1cc(O)cc(O)c1OC(=O)c1c(O)cc(C)c(C(=O)O)c1O. The molecule has 0 fully saturated rings. The minimum absolute atomic E-state index is 0.0534. The molecule has 0 saturated carbocycles. The van der Waals surface area contributed by atoms with Gasteiger partial charge in [0.05, 0.1) is 0 Å². The minimum Gasteiger partial charge on any atom is -0.508 e. The second-order valence-electron chi connectivity index (χ2n) is 5.12. The van der Waals surface area contributed by atoms with Crippen LogP contribution in [0.4, 0.5) is 0 Å². The fourth-order valence-electron chi connectivity index (χ4n) is 2.27. The van der Waals surface area contributed by atoms with Crippen molar-refractivity contribution in [3.8, 4) is 28.7 Å². The number of hydrogen-bond donors (Lipinski definition) is 5. The fourth-order valence-corrected chi connectivity index (χ4v) is 2.27. The van der Waals surface area contributed by atoms with Crippen molar-refractivity contribution in [2.24, 2.45) is 0 Å². The van der Waals surface area contributed by atoms with Crippen LogP contribution in [0.25, 0.3) is 0 Å². The first-order valence-corrected chi connectivity index (χ1v) is 6.67. The molecule has 0 unspecified atom stereocenters. The number of hydrogen-bond acceptors (Lipinski definition) is 7. The van der Waals surface area contributed by atoms with E-state index < -0.39 is 40.3 Å². The molecule has 0 aliphatic heterocycles. The first-order chi connectivity index (χ1) is 11.1. The molecule has 24 heavy (non-hydrogen) atoms. The van der Waals surface area contributed by atoms with Crippen molar-refractivity contribution in [1.82, 2.24) is 0 Å². The van der Waals surface area contributed by atoms with Crippen LogP contribution in [0, 0.1) is 13.8 Å². The zero-order valence-corrected chi connectivity index (χ0v) is 12.7. The smallest absolute Gasteiger partial charge is 0.351 e. The average molecular weight is 334 g/mol. The fraction of sp³-hybridized carbons (Fsp3) is 0.125. The maximum atomic E-state index is 12.2. The number of carbonyl (C=O) groups excluding carboxylic acids is 1. The van der Waals surface area contributed by atoms with Crippen molar-refractivity contribution in [3.05, 3.63) is 40.5 Å². The summed E-state index contributed by atoms with van der Waals surface area (Å²) in [6.07, 6.45) is 0. The van der Waals surface area contributed by atoms with Crippen molar-refractivity contribution in [2.75, 3.05) is 0 Å². The van der Waals surface area contributed by atoms with Gasteiger partial charge in [-0.05, 0) is 37.1 Å². The molecule has 0 aliphatic rings. The molecular weight excluding hydrogens is 320 g/mol. The highest BCUT2D eigenvalue weighted by Gasteiger charge is 2.27. The highest BCUT2D eigenvalue weighted by Crippen LogP contribution is 2.38. The topological polar surface area (TPSA) is 145 Å². The molecule has 2 aromatic carbocycles. The Hall–Kier alpha value is -3.42. The van der Waals surface area contributed by atoms with E-state index in [-0.39, 0.29) is 22.6 Å².